The van der Waals surface area contributed by atoms with Gasteiger partial charge in [0, 0.05) is 11.8 Å². The molecule has 22 heavy (non-hydrogen) atoms. The van der Waals surface area contributed by atoms with Crippen LogP contribution in [0.5, 0.6) is 5.88 Å². The second kappa shape index (κ2) is 5.51. The van der Waals surface area contributed by atoms with Crippen LogP contribution in [0.3, 0.4) is 0 Å². The van der Waals surface area contributed by atoms with Crippen molar-refractivity contribution in [3.05, 3.63) is 47.7 Å². The van der Waals surface area contributed by atoms with E-state index in [0.717, 1.165) is 31.5 Å². The van der Waals surface area contributed by atoms with Crippen molar-refractivity contribution >= 4 is 0 Å². The smallest absolute Gasteiger partial charge is 0.421 e. The summed E-state index contributed by atoms with van der Waals surface area (Å²) in [6.45, 7) is 0. The van der Waals surface area contributed by atoms with Crippen LogP contribution in [0.15, 0.2) is 36.5 Å². The molecule has 0 amide bonds. The van der Waals surface area contributed by atoms with Crippen LogP contribution in [0.2, 0.25) is 0 Å². The number of pyridine rings is 1. The third-order valence-corrected chi connectivity index (χ3v) is 2.89. The molecule has 0 radical (unpaired) electrons. The van der Waals surface area contributed by atoms with Gasteiger partial charge in [0.25, 0.3) is 0 Å². The van der Waals surface area contributed by atoms with Gasteiger partial charge in [0.15, 0.2) is 0 Å². The van der Waals surface area contributed by atoms with E-state index in [1.165, 1.54) is 6.07 Å². The minimum absolute atomic E-state index is 0.291. The standard InChI is InChI=1S/C14H9F6NO/c1-22-12-11(14(18,19)20)6-8(7-21-12)9-4-2-3-5-10(9)13(15,16)17/h2-7H,1H3. The summed E-state index contributed by atoms with van der Waals surface area (Å²) in [5.74, 6) is -0.694. The number of benzene rings is 1. The Morgan fingerprint density at radius 2 is 1.50 bits per heavy atom. The van der Waals surface area contributed by atoms with E-state index in [1.807, 2.05) is 0 Å². The van der Waals surface area contributed by atoms with Gasteiger partial charge in [-0.3, -0.25) is 0 Å². The van der Waals surface area contributed by atoms with E-state index in [0.29, 0.717) is 6.07 Å². The molecule has 0 unspecified atom stereocenters. The molecule has 1 heterocycles. The molecule has 2 nitrogen and oxygen atoms in total. The van der Waals surface area contributed by atoms with Crippen LogP contribution in [-0.2, 0) is 12.4 Å². The fraction of sp³-hybridized carbons (Fsp3) is 0.214. The first kappa shape index (κ1) is 16.1. The minimum atomic E-state index is -4.79. The number of ether oxygens (including phenoxy) is 1. The second-order valence-electron chi connectivity index (χ2n) is 4.32. The largest absolute Gasteiger partial charge is 0.481 e. The molecule has 0 saturated carbocycles. The quantitative estimate of drug-likeness (QED) is 0.742. The Bertz CT molecular complexity index is 678. The summed E-state index contributed by atoms with van der Waals surface area (Å²) in [5.41, 5.74) is -2.93. The van der Waals surface area contributed by atoms with Gasteiger partial charge in [0.1, 0.15) is 5.56 Å². The lowest BCUT2D eigenvalue weighted by atomic mass is 9.99. The first-order valence-corrected chi connectivity index (χ1v) is 5.92. The number of hydrogen-bond donors (Lipinski definition) is 0. The fourth-order valence-electron chi connectivity index (χ4n) is 1.95. The van der Waals surface area contributed by atoms with Crippen LogP contribution in [0, 0.1) is 0 Å². The Labute approximate surface area is 121 Å². The van der Waals surface area contributed by atoms with Crippen LogP contribution in [0.25, 0.3) is 11.1 Å². The van der Waals surface area contributed by atoms with E-state index in [1.54, 1.807) is 0 Å². The Morgan fingerprint density at radius 1 is 0.909 bits per heavy atom. The van der Waals surface area contributed by atoms with Gasteiger partial charge in [0.05, 0.1) is 12.7 Å². The van der Waals surface area contributed by atoms with Crippen molar-refractivity contribution in [3.63, 3.8) is 0 Å². The van der Waals surface area contributed by atoms with Gasteiger partial charge >= 0.3 is 12.4 Å². The van der Waals surface area contributed by atoms with Gasteiger partial charge in [-0.15, -0.1) is 0 Å². The van der Waals surface area contributed by atoms with Crippen molar-refractivity contribution in [1.82, 2.24) is 4.98 Å². The summed E-state index contributed by atoms with van der Waals surface area (Å²) < 4.78 is 82.1. The Kier molecular flexibility index (Phi) is 4.04. The molecule has 8 heteroatoms. The van der Waals surface area contributed by atoms with E-state index >= 15 is 0 Å². The van der Waals surface area contributed by atoms with Crippen LogP contribution >= 0.6 is 0 Å². The summed E-state index contributed by atoms with van der Waals surface area (Å²) in [7, 11) is 1.00. The zero-order valence-electron chi connectivity index (χ0n) is 11.1. The third kappa shape index (κ3) is 3.15. The van der Waals surface area contributed by atoms with Crippen molar-refractivity contribution in [2.45, 2.75) is 12.4 Å². The van der Waals surface area contributed by atoms with Crippen molar-refractivity contribution in [3.8, 4) is 17.0 Å². The van der Waals surface area contributed by atoms with E-state index in [2.05, 4.69) is 9.72 Å². The topological polar surface area (TPSA) is 22.1 Å². The second-order valence-corrected chi connectivity index (χ2v) is 4.32. The van der Waals surface area contributed by atoms with Crippen LogP contribution in [0.1, 0.15) is 11.1 Å². The summed E-state index contributed by atoms with van der Waals surface area (Å²) in [4.78, 5) is 3.45. The number of rotatable bonds is 2. The van der Waals surface area contributed by atoms with E-state index < -0.39 is 29.4 Å². The van der Waals surface area contributed by atoms with Crippen molar-refractivity contribution in [1.29, 1.82) is 0 Å². The van der Waals surface area contributed by atoms with Gasteiger partial charge in [-0.2, -0.15) is 26.3 Å². The number of methoxy groups -OCH3 is 1. The van der Waals surface area contributed by atoms with E-state index in [4.69, 9.17) is 0 Å². The number of nitrogens with zero attached hydrogens (tertiary/aromatic N) is 1. The number of aromatic nitrogens is 1. The van der Waals surface area contributed by atoms with Crippen LogP contribution < -0.4 is 4.74 Å². The van der Waals surface area contributed by atoms with Crippen molar-refractivity contribution in [2.24, 2.45) is 0 Å². The normalized spacial score (nSPS) is 12.3. The number of alkyl halides is 6. The molecule has 118 valence electrons. The highest BCUT2D eigenvalue weighted by Gasteiger charge is 2.37. The Morgan fingerprint density at radius 3 is 2.05 bits per heavy atom. The summed E-state index contributed by atoms with van der Waals surface area (Å²) in [6.07, 6.45) is -8.56. The maximum absolute atomic E-state index is 12.9. The minimum Gasteiger partial charge on any atom is -0.481 e. The van der Waals surface area contributed by atoms with Gasteiger partial charge in [-0.25, -0.2) is 4.98 Å². The molecule has 0 bridgehead atoms. The predicted octanol–water partition coefficient (Wildman–Crippen LogP) is 4.79. The molecular weight excluding hydrogens is 312 g/mol. The fourth-order valence-corrected chi connectivity index (χ4v) is 1.95. The lowest BCUT2D eigenvalue weighted by Gasteiger charge is -2.15. The molecule has 1 aromatic carbocycles. The molecule has 1 aromatic heterocycles. The molecule has 0 aliphatic carbocycles. The number of hydrogen-bond acceptors (Lipinski definition) is 2. The maximum atomic E-state index is 12.9. The summed E-state index contributed by atoms with van der Waals surface area (Å²) in [5, 5.41) is 0. The molecule has 0 atom stereocenters. The van der Waals surface area contributed by atoms with E-state index in [9.17, 15) is 26.3 Å². The van der Waals surface area contributed by atoms with Crippen LogP contribution in [-0.4, -0.2) is 12.1 Å². The molecule has 2 rings (SSSR count). The first-order chi connectivity index (χ1) is 10.1. The maximum Gasteiger partial charge on any atom is 0.421 e. The van der Waals surface area contributed by atoms with Gasteiger partial charge in [-0.1, -0.05) is 18.2 Å². The Hall–Kier alpha value is -2.25. The predicted molar refractivity (Wildman–Crippen MR) is 66.2 cm³/mol. The molecule has 2 aromatic rings. The van der Waals surface area contributed by atoms with Gasteiger partial charge in [-0.05, 0) is 17.7 Å². The Balaban J connectivity index is 2.65. The highest BCUT2D eigenvalue weighted by atomic mass is 19.4. The van der Waals surface area contributed by atoms with Crippen molar-refractivity contribution < 1.29 is 31.1 Å². The summed E-state index contributed by atoms with van der Waals surface area (Å²) >= 11 is 0. The average molecular weight is 321 g/mol. The molecule has 0 aliphatic rings. The summed E-state index contributed by atoms with van der Waals surface area (Å²) in [6, 6.07) is 4.95. The van der Waals surface area contributed by atoms with Crippen LogP contribution in [0.4, 0.5) is 26.3 Å². The zero-order valence-corrected chi connectivity index (χ0v) is 11.1. The molecule has 0 N–H and O–H groups in total. The lowest BCUT2D eigenvalue weighted by Crippen LogP contribution is -2.10. The SMILES string of the molecule is COc1ncc(-c2ccccc2C(F)(F)F)cc1C(F)(F)F. The highest BCUT2D eigenvalue weighted by molar-refractivity contribution is 5.68. The third-order valence-electron chi connectivity index (χ3n) is 2.89. The average Bonchev–Trinajstić information content (AvgIpc) is 2.45. The van der Waals surface area contributed by atoms with E-state index in [-0.39, 0.29) is 11.1 Å². The molecular formula is C14H9F6NO. The van der Waals surface area contributed by atoms with Gasteiger partial charge < -0.3 is 4.74 Å². The first-order valence-electron chi connectivity index (χ1n) is 5.92. The van der Waals surface area contributed by atoms with Gasteiger partial charge in [0.2, 0.25) is 5.88 Å². The number of halogens is 6. The van der Waals surface area contributed by atoms with Crippen molar-refractivity contribution in [2.75, 3.05) is 7.11 Å². The molecule has 0 aliphatic heterocycles. The molecule has 0 saturated heterocycles. The zero-order chi connectivity index (χ0) is 16.5. The molecule has 0 fully saturated rings. The lowest BCUT2D eigenvalue weighted by molar-refractivity contribution is -0.139. The highest BCUT2D eigenvalue weighted by Crippen LogP contribution is 2.40. The molecule has 0 spiro atoms. The monoisotopic (exact) mass is 321 g/mol.